The second-order valence-electron chi connectivity index (χ2n) is 3.94. The van der Waals surface area contributed by atoms with Gasteiger partial charge in [-0.15, -0.1) is 0 Å². The molecule has 0 aromatic carbocycles. The summed E-state index contributed by atoms with van der Waals surface area (Å²) < 4.78 is 0. The van der Waals surface area contributed by atoms with Crippen LogP contribution in [-0.4, -0.2) is 36.6 Å². The monoisotopic (exact) mass is 168 g/mol. The van der Waals surface area contributed by atoms with Gasteiger partial charge < -0.3 is 5.32 Å². The van der Waals surface area contributed by atoms with Gasteiger partial charge in [0, 0.05) is 31.7 Å². The molecule has 0 amide bonds. The molecule has 2 nitrogen and oxygen atoms in total. The molecule has 1 unspecified atom stereocenters. The van der Waals surface area contributed by atoms with Crippen LogP contribution in [0.15, 0.2) is 12.2 Å². The molecule has 0 aromatic rings. The largest absolute Gasteiger partial charge is 0.308 e. The summed E-state index contributed by atoms with van der Waals surface area (Å²) in [4.78, 5) is 2.50. The zero-order valence-electron chi connectivity index (χ0n) is 8.43. The zero-order chi connectivity index (χ0) is 9.14. The highest BCUT2D eigenvalue weighted by atomic mass is 15.2. The van der Waals surface area contributed by atoms with Crippen molar-refractivity contribution >= 4 is 0 Å². The molecule has 2 heteroatoms. The third-order valence-corrected chi connectivity index (χ3v) is 2.53. The van der Waals surface area contributed by atoms with Crippen LogP contribution in [0.25, 0.3) is 0 Å². The Hall–Kier alpha value is -0.340. The first-order chi connectivity index (χ1) is 5.61. The van der Waals surface area contributed by atoms with Crippen LogP contribution >= 0.6 is 0 Å². The normalized spacial score (nSPS) is 26.2. The smallest absolute Gasteiger partial charge is 0.0403 e. The standard InChI is InChI=1S/C10H20N2/c1-8(2)10-7-12(9(3)4)6-5-11-10/h9-11H,1,5-7H2,2-4H3. The Kier molecular flexibility index (Phi) is 3.29. The molecule has 12 heavy (non-hydrogen) atoms. The van der Waals surface area contributed by atoms with E-state index >= 15 is 0 Å². The minimum atomic E-state index is 0.501. The Labute approximate surface area is 75.6 Å². The van der Waals surface area contributed by atoms with Gasteiger partial charge in [-0.25, -0.2) is 0 Å². The van der Waals surface area contributed by atoms with Crippen LogP contribution in [0.2, 0.25) is 0 Å². The third-order valence-electron chi connectivity index (χ3n) is 2.53. The van der Waals surface area contributed by atoms with Crippen LogP contribution in [0.3, 0.4) is 0 Å². The number of piperazine rings is 1. The van der Waals surface area contributed by atoms with Gasteiger partial charge in [0.15, 0.2) is 0 Å². The summed E-state index contributed by atoms with van der Waals surface area (Å²) in [6.07, 6.45) is 0. The Bertz CT molecular complexity index is 163. The molecule has 1 fully saturated rings. The second-order valence-corrected chi connectivity index (χ2v) is 3.94. The van der Waals surface area contributed by atoms with Crippen LogP contribution in [0.4, 0.5) is 0 Å². The maximum Gasteiger partial charge on any atom is 0.0403 e. The van der Waals surface area contributed by atoms with E-state index in [1.165, 1.54) is 12.1 Å². The quantitative estimate of drug-likeness (QED) is 0.624. The van der Waals surface area contributed by atoms with Crippen molar-refractivity contribution in [3.8, 4) is 0 Å². The Morgan fingerprint density at radius 2 is 2.25 bits per heavy atom. The van der Waals surface area contributed by atoms with Crippen molar-refractivity contribution < 1.29 is 0 Å². The summed E-state index contributed by atoms with van der Waals surface area (Å²) >= 11 is 0. The van der Waals surface area contributed by atoms with Gasteiger partial charge in [0.25, 0.3) is 0 Å². The SMILES string of the molecule is C=C(C)C1CN(C(C)C)CCN1. The molecule has 1 rings (SSSR count). The number of rotatable bonds is 2. The molecule has 0 aromatic heterocycles. The topological polar surface area (TPSA) is 15.3 Å². The van der Waals surface area contributed by atoms with Crippen molar-refractivity contribution in [2.45, 2.75) is 32.9 Å². The molecule has 0 bridgehead atoms. The lowest BCUT2D eigenvalue weighted by atomic mass is 10.1. The molecule has 1 aliphatic heterocycles. The number of nitrogens with zero attached hydrogens (tertiary/aromatic N) is 1. The van der Waals surface area contributed by atoms with E-state index in [1.54, 1.807) is 0 Å². The van der Waals surface area contributed by atoms with Gasteiger partial charge >= 0.3 is 0 Å². The van der Waals surface area contributed by atoms with Crippen LogP contribution in [-0.2, 0) is 0 Å². The Morgan fingerprint density at radius 1 is 1.58 bits per heavy atom. The van der Waals surface area contributed by atoms with E-state index < -0.39 is 0 Å². The van der Waals surface area contributed by atoms with E-state index in [0.29, 0.717) is 12.1 Å². The summed E-state index contributed by atoms with van der Waals surface area (Å²) in [6.45, 7) is 14.0. The molecule has 1 atom stereocenters. The summed E-state index contributed by atoms with van der Waals surface area (Å²) in [5.41, 5.74) is 1.25. The molecule has 1 N–H and O–H groups in total. The van der Waals surface area contributed by atoms with Crippen molar-refractivity contribution in [3.63, 3.8) is 0 Å². The highest BCUT2D eigenvalue weighted by Gasteiger charge is 2.20. The van der Waals surface area contributed by atoms with Gasteiger partial charge in [0.05, 0.1) is 0 Å². The number of hydrogen-bond donors (Lipinski definition) is 1. The van der Waals surface area contributed by atoms with Crippen LogP contribution in [0.5, 0.6) is 0 Å². The lowest BCUT2D eigenvalue weighted by Crippen LogP contribution is -2.53. The minimum Gasteiger partial charge on any atom is -0.308 e. The fourth-order valence-corrected chi connectivity index (χ4v) is 1.57. The van der Waals surface area contributed by atoms with Crippen LogP contribution in [0.1, 0.15) is 20.8 Å². The Morgan fingerprint density at radius 3 is 2.75 bits per heavy atom. The third kappa shape index (κ3) is 2.32. The lowest BCUT2D eigenvalue weighted by Gasteiger charge is -2.36. The fraction of sp³-hybridized carbons (Fsp3) is 0.800. The molecule has 0 saturated carbocycles. The summed E-state index contributed by atoms with van der Waals surface area (Å²) in [5, 5.41) is 3.46. The van der Waals surface area contributed by atoms with Crippen molar-refractivity contribution in [2.75, 3.05) is 19.6 Å². The van der Waals surface area contributed by atoms with Gasteiger partial charge in [-0.05, 0) is 20.8 Å². The molecule has 70 valence electrons. The van der Waals surface area contributed by atoms with Crippen LogP contribution < -0.4 is 5.32 Å². The van der Waals surface area contributed by atoms with E-state index in [4.69, 9.17) is 0 Å². The first-order valence-electron chi connectivity index (χ1n) is 4.74. The summed E-state index contributed by atoms with van der Waals surface area (Å²) in [7, 11) is 0. The average molecular weight is 168 g/mol. The maximum absolute atomic E-state index is 3.98. The first-order valence-corrected chi connectivity index (χ1v) is 4.74. The van der Waals surface area contributed by atoms with Crippen molar-refractivity contribution in [2.24, 2.45) is 0 Å². The van der Waals surface area contributed by atoms with Gasteiger partial charge in [-0.2, -0.15) is 0 Å². The maximum atomic E-state index is 3.98. The molecule has 1 aliphatic rings. The second kappa shape index (κ2) is 4.06. The average Bonchev–Trinajstić information content (AvgIpc) is 2.04. The first kappa shape index (κ1) is 9.75. The van der Waals surface area contributed by atoms with Gasteiger partial charge in [-0.3, -0.25) is 4.90 Å². The molecule has 1 saturated heterocycles. The molecule has 1 heterocycles. The molecular weight excluding hydrogens is 148 g/mol. The van der Waals surface area contributed by atoms with Crippen LogP contribution in [0, 0.1) is 0 Å². The van der Waals surface area contributed by atoms with Crippen molar-refractivity contribution in [1.29, 1.82) is 0 Å². The van der Waals surface area contributed by atoms with E-state index in [9.17, 15) is 0 Å². The zero-order valence-corrected chi connectivity index (χ0v) is 8.43. The number of nitrogens with one attached hydrogen (secondary N) is 1. The minimum absolute atomic E-state index is 0.501. The Balaban J connectivity index is 2.46. The van der Waals surface area contributed by atoms with E-state index in [1.807, 2.05) is 0 Å². The van der Waals surface area contributed by atoms with Gasteiger partial charge in [0.1, 0.15) is 0 Å². The summed E-state index contributed by atoms with van der Waals surface area (Å²) in [6, 6.07) is 1.16. The predicted molar refractivity (Wildman–Crippen MR) is 53.3 cm³/mol. The predicted octanol–water partition coefficient (Wildman–Crippen LogP) is 1.24. The molecule has 0 spiro atoms. The summed E-state index contributed by atoms with van der Waals surface area (Å²) in [5.74, 6) is 0. The van der Waals surface area contributed by atoms with E-state index in [0.717, 1.165) is 13.1 Å². The van der Waals surface area contributed by atoms with Gasteiger partial charge in [-0.1, -0.05) is 12.2 Å². The molecular formula is C10H20N2. The van der Waals surface area contributed by atoms with E-state index in [2.05, 4.69) is 37.6 Å². The lowest BCUT2D eigenvalue weighted by molar-refractivity contribution is 0.173. The fourth-order valence-electron chi connectivity index (χ4n) is 1.57. The van der Waals surface area contributed by atoms with E-state index in [-0.39, 0.29) is 0 Å². The van der Waals surface area contributed by atoms with Crippen molar-refractivity contribution in [3.05, 3.63) is 12.2 Å². The number of hydrogen-bond acceptors (Lipinski definition) is 2. The van der Waals surface area contributed by atoms with Gasteiger partial charge in [0.2, 0.25) is 0 Å². The molecule has 0 radical (unpaired) electrons. The van der Waals surface area contributed by atoms with Crippen molar-refractivity contribution in [1.82, 2.24) is 10.2 Å². The highest BCUT2D eigenvalue weighted by Crippen LogP contribution is 2.08. The highest BCUT2D eigenvalue weighted by molar-refractivity contribution is 5.04. The molecule has 0 aliphatic carbocycles.